The van der Waals surface area contributed by atoms with Gasteiger partial charge >= 0.3 is 0 Å². The lowest BCUT2D eigenvalue weighted by molar-refractivity contribution is 0.111. The molecule has 0 saturated carbocycles. The van der Waals surface area contributed by atoms with E-state index >= 15 is 0 Å². The highest BCUT2D eigenvalue weighted by Gasteiger charge is 2.11. The van der Waals surface area contributed by atoms with E-state index in [1.54, 1.807) is 0 Å². The molecule has 0 amide bonds. The molecule has 0 radical (unpaired) electrons. The monoisotopic (exact) mass is 268 g/mol. The van der Waals surface area contributed by atoms with Crippen LogP contribution in [-0.2, 0) is 0 Å². The summed E-state index contributed by atoms with van der Waals surface area (Å²) in [6.45, 7) is 0. The number of nitrogens with zero attached hydrogens (tertiary/aromatic N) is 2. The van der Waals surface area contributed by atoms with Crippen molar-refractivity contribution >= 4 is 33.7 Å². The summed E-state index contributed by atoms with van der Waals surface area (Å²) in [5.74, 6) is 0. The molecule has 5 heteroatoms. The first kappa shape index (κ1) is 9.48. The Morgan fingerprint density at radius 1 is 1.36 bits per heavy atom. The van der Waals surface area contributed by atoms with Gasteiger partial charge in [-0.3, -0.25) is 4.79 Å². The van der Waals surface area contributed by atoms with Crippen molar-refractivity contribution < 1.29 is 4.79 Å². The smallest absolute Gasteiger partial charge is 0.171 e. The lowest BCUT2D eigenvalue weighted by Crippen LogP contribution is -1.84. The predicted molar refractivity (Wildman–Crippen MR) is 58.4 cm³/mol. The van der Waals surface area contributed by atoms with Gasteiger partial charge in [-0.15, -0.1) is 5.10 Å². The first-order chi connectivity index (χ1) is 6.83. The molecule has 1 aromatic carbocycles. The van der Waals surface area contributed by atoms with E-state index in [0.29, 0.717) is 5.69 Å². The molecule has 0 N–H and O–H groups in total. The number of carbonyl (C=O) groups is 1. The second kappa shape index (κ2) is 3.98. The molecule has 0 spiro atoms. The van der Waals surface area contributed by atoms with Gasteiger partial charge in [0.25, 0.3) is 0 Å². The van der Waals surface area contributed by atoms with Gasteiger partial charge in [-0.25, -0.2) is 0 Å². The predicted octanol–water partition coefficient (Wildman–Crippen LogP) is 2.78. The van der Waals surface area contributed by atoms with Crippen molar-refractivity contribution in [2.45, 2.75) is 0 Å². The third-order valence-electron chi connectivity index (χ3n) is 1.74. The fraction of sp³-hybridized carbons (Fsp3) is 0. The van der Waals surface area contributed by atoms with Crippen LogP contribution in [0.3, 0.4) is 0 Å². The van der Waals surface area contributed by atoms with E-state index in [1.807, 2.05) is 24.3 Å². The molecule has 1 heterocycles. The molecule has 3 nitrogen and oxygen atoms in total. The molecule has 0 aliphatic heterocycles. The Morgan fingerprint density at radius 2 is 2.14 bits per heavy atom. The lowest BCUT2D eigenvalue weighted by Gasteiger charge is -1.99. The van der Waals surface area contributed by atoms with Gasteiger partial charge in [0, 0.05) is 10.0 Å². The number of rotatable bonds is 2. The van der Waals surface area contributed by atoms with E-state index in [1.165, 1.54) is 11.5 Å². The lowest BCUT2D eigenvalue weighted by atomic mass is 10.2. The topological polar surface area (TPSA) is 42.9 Å². The first-order valence-electron chi connectivity index (χ1n) is 3.85. The van der Waals surface area contributed by atoms with Crippen LogP contribution in [0.2, 0.25) is 0 Å². The number of hydrogen-bond acceptors (Lipinski definition) is 4. The summed E-state index contributed by atoms with van der Waals surface area (Å²) in [4.78, 5) is 11.5. The molecule has 70 valence electrons. The van der Waals surface area contributed by atoms with E-state index in [0.717, 1.165) is 21.2 Å². The number of aldehydes is 1. The highest BCUT2D eigenvalue weighted by Crippen LogP contribution is 2.31. The second-order valence-corrected chi connectivity index (χ2v) is 4.19. The standard InChI is InChI=1S/C9H5BrN2OS/c10-7-4-2-1-3-6(7)9-8(5-13)11-12-14-9/h1-5H. The van der Waals surface area contributed by atoms with Crippen molar-refractivity contribution in [2.75, 3.05) is 0 Å². The molecule has 0 aliphatic carbocycles. The van der Waals surface area contributed by atoms with Crippen LogP contribution in [0.15, 0.2) is 28.7 Å². The summed E-state index contributed by atoms with van der Waals surface area (Å²) < 4.78 is 4.69. The van der Waals surface area contributed by atoms with Crippen molar-refractivity contribution in [3.8, 4) is 10.4 Å². The summed E-state index contributed by atoms with van der Waals surface area (Å²) in [6.07, 6.45) is 0.721. The van der Waals surface area contributed by atoms with Gasteiger partial charge < -0.3 is 0 Å². The van der Waals surface area contributed by atoms with Crippen molar-refractivity contribution in [2.24, 2.45) is 0 Å². The zero-order valence-electron chi connectivity index (χ0n) is 6.98. The number of carbonyl (C=O) groups excluding carboxylic acids is 1. The van der Waals surface area contributed by atoms with Crippen molar-refractivity contribution in [3.63, 3.8) is 0 Å². The van der Waals surface area contributed by atoms with Gasteiger partial charge in [0.15, 0.2) is 6.29 Å². The minimum atomic E-state index is 0.391. The van der Waals surface area contributed by atoms with Gasteiger partial charge in [0.05, 0.1) is 4.88 Å². The molecule has 1 aromatic heterocycles. The molecule has 0 saturated heterocycles. The maximum atomic E-state index is 10.7. The van der Waals surface area contributed by atoms with Crippen LogP contribution < -0.4 is 0 Å². The Balaban J connectivity index is 2.60. The second-order valence-electron chi connectivity index (χ2n) is 2.58. The molecule has 0 fully saturated rings. The minimum Gasteiger partial charge on any atom is -0.296 e. The molecule has 14 heavy (non-hydrogen) atoms. The van der Waals surface area contributed by atoms with Crippen LogP contribution in [0, 0.1) is 0 Å². The van der Waals surface area contributed by atoms with E-state index < -0.39 is 0 Å². The molecular weight excluding hydrogens is 264 g/mol. The Labute approximate surface area is 93.1 Å². The van der Waals surface area contributed by atoms with Crippen LogP contribution in [0.1, 0.15) is 10.5 Å². The highest BCUT2D eigenvalue weighted by molar-refractivity contribution is 9.10. The number of benzene rings is 1. The van der Waals surface area contributed by atoms with Crippen molar-refractivity contribution in [3.05, 3.63) is 34.4 Å². The summed E-state index contributed by atoms with van der Waals surface area (Å²) in [5, 5.41) is 3.73. The summed E-state index contributed by atoms with van der Waals surface area (Å²) in [7, 11) is 0. The van der Waals surface area contributed by atoms with Gasteiger partial charge in [0.2, 0.25) is 0 Å². The maximum absolute atomic E-state index is 10.7. The third-order valence-corrected chi connectivity index (χ3v) is 3.21. The van der Waals surface area contributed by atoms with Gasteiger partial charge in [-0.1, -0.05) is 38.6 Å². The SMILES string of the molecule is O=Cc1nnsc1-c1ccccc1Br. The van der Waals surface area contributed by atoms with Crippen LogP contribution in [0.5, 0.6) is 0 Å². The molecule has 0 aliphatic rings. The fourth-order valence-electron chi connectivity index (χ4n) is 1.11. The average Bonchev–Trinajstić information content (AvgIpc) is 2.66. The Hall–Kier alpha value is -1.07. The molecule has 2 aromatic rings. The van der Waals surface area contributed by atoms with Gasteiger partial charge in [-0.2, -0.15) is 0 Å². The van der Waals surface area contributed by atoms with Gasteiger partial charge in [-0.05, 0) is 17.6 Å². The summed E-state index contributed by atoms with van der Waals surface area (Å²) >= 11 is 4.64. The number of halogens is 1. The quantitative estimate of drug-likeness (QED) is 0.787. The average molecular weight is 269 g/mol. The summed E-state index contributed by atoms with van der Waals surface area (Å²) in [5.41, 5.74) is 1.34. The van der Waals surface area contributed by atoms with E-state index in [2.05, 4.69) is 25.5 Å². The Kier molecular flexibility index (Phi) is 2.69. The fourth-order valence-corrected chi connectivity index (χ4v) is 2.39. The number of aromatic nitrogens is 2. The molecule has 0 atom stereocenters. The Morgan fingerprint density at radius 3 is 2.86 bits per heavy atom. The largest absolute Gasteiger partial charge is 0.296 e. The molecule has 2 rings (SSSR count). The van der Waals surface area contributed by atoms with Crippen LogP contribution in [0.4, 0.5) is 0 Å². The number of hydrogen-bond donors (Lipinski definition) is 0. The van der Waals surface area contributed by atoms with E-state index in [4.69, 9.17) is 0 Å². The summed E-state index contributed by atoms with van der Waals surface area (Å²) in [6, 6.07) is 7.67. The maximum Gasteiger partial charge on any atom is 0.171 e. The van der Waals surface area contributed by atoms with Crippen LogP contribution >= 0.6 is 27.5 Å². The zero-order chi connectivity index (χ0) is 9.97. The van der Waals surface area contributed by atoms with Crippen molar-refractivity contribution in [1.82, 2.24) is 9.59 Å². The molecule has 0 unspecified atom stereocenters. The molecule has 0 bridgehead atoms. The minimum absolute atomic E-state index is 0.391. The first-order valence-corrected chi connectivity index (χ1v) is 5.42. The third kappa shape index (κ3) is 1.60. The highest BCUT2D eigenvalue weighted by atomic mass is 79.9. The van der Waals surface area contributed by atoms with Gasteiger partial charge in [0.1, 0.15) is 5.69 Å². The van der Waals surface area contributed by atoms with Crippen LogP contribution in [-0.4, -0.2) is 15.9 Å². The van der Waals surface area contributed by atoms with Crippen molar-refractivity contribution in [1.29, 1.82) is 0 Å². The normalized spacial score (nSPS) is 10.1. The van der Waals surface area contributed by atoms with Crippen LogP contribution in [0.25, 0.3) is 10.4 Å². The van der Waals surface area contributed by atoms with E-state index in [9.17, 15) is 4.79 Å². The molecular formula is C9H5BrN2OS. The zero-order valence-corrected chi connectivity index (χ0v) is 9.38. The van der Waals surface area contributed by atoms with E-state index in [-0.39, 0.29) is 0 Å². The Bertz CT molecular complexity index is 469.